The zero-order valence-corrected chi connectivity index (χ0v) is 8.71. The summed E-state index contributed by atoms with van der Waals surface area (Å²) >= 11 is 0. The topological polar surface area (TPSA) is 30.5 Å². The first-order chi connectivity index (χ1) is 6.33. The number of rotatable bonds is 6. The van der Waals surface area contributed by atoms with E-state index in [-0.39, 0.29) is 0 Å². The van der Waals surface area contributed by atoms with Gasteiger partial charge in [0.05, 0.1) is 18.8 Å². The monoisotopic (exact) mass is 187 g/mol. The summed E-state index contributed by atoms with van der Waals surface area (Å²) in [4.78, 5) is 0. The van der Waals surface area contributed by atoms with Crippen LogP contribution < -0.4 is 5.32 Å². The molecule has 3 heteroatoms. The zero-order chi connectivity index (χ0) is 9.52. The first kappa shape index (κ1) is 11.0. The van der Waals surface area contributed by atoms with Crippen LogP contribution in [0.3, 0.4) is 0 Å². The third-order valence-corrected chi connectivity index (χ3v) is 2.17. The van der Waals surface area contributed by atoms with Crippen LogP contribution in [0.5, 0.6) is 0 Å². The SMILES string of the molecule is CCCNCC(C)OC1CCOC1. The zero-order valence-electron chi connectivity index (χ0n) is 8.71. The number of nitrogens with one attached hydrogen (secondary N) is 1. The van der Waals surface area contributed by atoms with Crippen LogP contribution in [0.2, 0.25) is 0 Å². The van der Waals surface area contributed by atoms with Gasteiger partial charge in [-0.25, -0.2) is 0 Å². The highest BCUT2D eigenvalue weighted by Crippen LogP contribution is 2.10. The van der Waals surface area contributed by atoms with Gasteiger partial charge in [0.15, 0.2) is 0 Å². The maximum Gasteiger partial charge on any atom is 0.0834 e. The van der Waals surface area contributed by atoms with E-state index in [9.17, 15) is 0 Å². The minimum atomic E-state index is 0.304. The minimum Gasteiger partial charge on any atom is -0.379 e. The molecule has 0 aromatic rings. The lowest BCUT2D eigenvalue weighted by molar-refractivity contribution is -0.00542. The Bertz CT molecular complexity index is 124. The Hall–Kier alpha value is -0.120. The van der Waals surface area contributed by atoms with Crippen molar-refractivity contribution in [2.24, 2.45) is 0 Å². The van der Waals surface area contributed by atoms with Crippen molar-refractivity contribution in [2.75, 3.05) is 26.3 Å². The molecule has 2 unspecified atom stereocenters. The predicted molar refractivity (Wildman–Crippen MR) is 52.9 cm³/mol. The Labute approximate surface area is 80.8 Å². The van der Waals surface area contributed by atoms with Crippen molar-refractivity contribution in [2.45, 2.75) is 38.9 Å². The maximum absolute atomic E-state index is 5.77. The van der Waals surface area contributed by atoms with Gasteiger partial charge in [0.2, 0.25) is 0 Å². The third kappa shape index (κ3) is 4.60. The van der Waals surface area contributed by atoms with Gasteiger partial charge in [-0.15, -0.1) is 0 Å². The van der Waals surface area contributed by atoms with E-state index in [1.54, 1.807) is 0 Å². The Balaban J connectivity index is 1.99. The molecular weight excluding hydrogens is 166 g/mol. The minimum absolute atomic E-state index is 0.304. The van der Waals surface area contributed by atoms with Crippen LogP contribution in [0.25, 0.3) is 0 Å². The van der Waals surface area contributed by atoms with Gasteiger partial charge in [-0.3, -0.25) is 0 Å². The second-order valence-electron chi connectivity index (χ2n) is 3.64. The molecule has 1 N–H and O–H groups in total. The Kier molecular flexibility index (Phi) is 5.35. The molecule has 1 fully saturated rings. The van der Waals surface area contributed by atoms with E-state index in [0.717, 1.165) is 32.7 Å². The van der Waals surface area contributed by atoms with Crippen LogP contribution in [-0.4, -0.2) is 38.5 Å². The number of ether oxygens (including phenoxy) is 2. The molecule has 0 amide bonds. The first-order valence-corrected chi connectivity index (χ1v) is 5.27. The van der Waals surface area contributed by atoms with Crippen molar-refractivity contribution in [3.8, 4) is 0 Å². The molecule has 2 atom stereocenters. The molecule has 1 saturated heterocycles. The molecule has 1 aliphatic heterocycles. The maximum atomic E-state index is 5.77. The van der Waals surface area contributed by atoms with Crippen molar-refractivity contribution in [3.05, 3.63) is 0 Å². The molecule has 13 heavy (non-hydrogen) atoms. The van der Waals surface area contributed by atoms with Gasteiger partial charge in [-0.05, 0) is 26.3 Å². The van der Waals surface area contributed by atoms with Gasteiger partial charge >= 0.3 is 0 Å². The van der Waals surface area contributed by atoms with Gasteiger partial charge in [0.25, 0.3) is 0 Å². The summed E-state index contributed by atoms with van der Waals surface area (Å²) in [7, 11) is 0. The molecule has 1 aliphatic rings. The summed E-state index contributed by atoms with van der Waals surface area (Å²) < 4.78 is 11.0. The lowest BCUT2D eigenvalue weighted by Crippen LogP contribution is -2.31. The van der Waals surface area contributed by atoms with Gasteiger partial charge in [0.1, 0.15) is 0 Å². The Morgan fingerprint density at radius 1 is 1.62 bits per heavy atom. The van der Waals surface area contributed by atoms with Gasteiger partial charge in [-0.1, -0.05) is 6.92 Å². The van der Waals surface area contributed by atoms with E-state index < -0.39 is 0 Å². The molecule has 0 aromatic carbocycles. The van der Waals surface area contributed by atoms with Crippen molar-refractivity contribution in [1.82, 2.24) is 5.32 Å². The second-order valence-corrected chi connectivity index (χ2v) is 3.64. The van der Waals surface area contributed by atoms with Crippen molar-refractivity contribution < 1.29 is 9.47 Å². The molecule has 0 aromatic heterocycles. The molecule has 0 radical (unpaired) electrons. The average Bonchev–Trinajstić information content (AvgIpc) is 2.57. The molecule has 1 rings (SSSR count). The Morgan fingerprint density at radius 3 is 3.08 bits per heavy atom. The molecular formula is C10H21NO2. The van der Waals surface area contributed by atoms with Crippen LogP contribution in [0.1, 0.15) is 26.7 Å². The van der Waals surface area contributed by atoms with Crippen LogP contribution in [0, 0.1) is 0 Å². The fraction of sp³-hybridized carbons (Fsp3) is 1.00. The van der Waals surface area contributed by atoms with E-state index in [1.165, 1.54) is 6.42 Å². The standard InChI is InChI=1S/C10H21NO2/c1-3-5-11-7-9(2)13-10-4-6-12-8-10/h9-11H,3-8H2,1-2H3. The Morgan fingerprint density at radius 2 is 2.46 bits per heavy atom. The van der Waals surface area contributed by atoms with E-state index in [2.05, 4.69) is 19.2 Å². The smallest absolute Gasteiger partial charge is 0.0834 e. The number of hydrogen-bond donors (Lipinski definition) is 1. The molecule has 78 valence electrons. The summed E-state index contributed by atoms with van der Waals surface area (Å²) in [6, 6.07) is 0. The lowest BCUT2D eigenvalue weighted by Gasteiger charge is -2.17. The molecule has 3 nitrogen and oxygen atoms in total. The van der Waals surface area contributed by atoms with Gasteiger partial charge < -0.3 is 14.8 Å². The van der Waals surface area contributed by atoms with Crippen molar-refractivity contribution in [3.63, 3.8) is 0 Å². The van der Waals surface area contributed by atoms with Crippen molar-refractivity contribution >= 4 is 0 Å². The molecule has 0 aliphatic carbocycles. The van der Waals surface area contributed by atoms with E-state index >= 15 is 0 Å². The van der Waals surface area contributed by atoms with Crippen LogP contribution in [0.4, 0.5) is 0 Å². The normalized spacial score (nSPS) is 24.9. The van der Waals surface area contributed by atoms with Crippen LogP contribution in [0.15, 0.2) is 0 Å². The van der Waals surface area contributed by atoms with Crippen LogP contribution >= 0.6 is 0 Å². The average molecular weight is 187 g/mol. The van der Waals surface area contributed by atoms with E-state index in [1.807, 2.05) is 0 Å². The fourth-order valence-electron chi connectivity index (χ4n) is 1.48. The summed E-state index contributed by atoms with van der Waals surface area (Å²) in [5.41, 5.74) is 0. The quantitative estimate of drug-likeness (QED) is 0.633. The summed E-state index contributed by atoms with van der Waals surface area (Å²) in [6.45, 7) is 7.95. The van der Waals surface area contributed by atoms with Gasteiger partial charge in [0, 0.05) is 13.2 Å². The van der Waals surface area contributed by atoms with Crippen LogP contribution in [-0.2, 0) is 9.47 Å². The van der Waals surface area contributed by atoms with E-state index in [0.29, 0.717) is 12.2 Å². The second kappa shape index (κ2) is 6.35. The highest BCUT2D eigenvalue weighted by molar-refractivity contribution is 4.66. The summed E-state index contributed by atoms with van der Waals surface area (Å²) in [6.07, 6.45) is 2.87. The van der Waals surface area contributed by atoms with Crippen molar-refractivity contribution in [1.29, 1.82) is 0 Å². The molecule has 1 heterocycles. The predicted octanol–water partition coefficient (Wildman–Crippen LogP) is 1.18. The highest BCUT2D eigenvalue weighted by Gasteiger charge is 2.18. The van der Waals surface area contributed by atoms with Gasteiger partial charge in [-0.2, -0.15) is 0 Å². The third-order valence-electron chi connectivity index (χ3n) is 2.17. The number of hydrogen-bond acceptors (Lipinski definition) is 3. The molecule has 0 bridgehead atoms. The van der Waals surface area contributed by atoms with E-state index in [4.69, 9.17) is 9.47 Å². The highest BCUT2D eigenvalue weighted by atomic mass is 16.5. The molecule has 0 saturated carbocycles. The largest absolute Gasteiger partial charge is 0.379 e. The first-order valence-electron chi connectivity index (χ1n) is 5.27. The fourth-order valence-corrected chi connectivity index (χ4v) is 1.48. The summed E-state index contributed by atoms with van der Waals surface area (Å²) in [5.74, 6) is 0. The molecule has 0 spiro atoms. The lowest BCUT2D eigenvalue weighted by atomic mass is 10.3. The summed E-state index contributed by atoms with van der Waals surface area (Å²) in [5, 5.41) is 3.34.